The smallest absolute Gasteiger partial charge is 0.264 e. The summed E-state index contributed by atoms with van der Waals surface area (Å²) in [5.41, 5.74) is 0.653. The second kappa shape index (κ2) is 7.74. The minimum Gasteiger partial charge on any atom is -0.375 e. The van der Waals surface area contributed by atoms with Crippen LogP contribution in [0.1, 0.15) is 28.4 Å². The number of hydrogen-bond acceptors (Lipinski definition) is 3. The van der Waals surface area contributed by atoms with Gasteiger partial charge in [0.1, 0.15) is 0 Å². The predicted molar refractivity (Wildman–Crippen MR) is 125 cm³/mol. The molecule has 1 aliphatic heterocycles. The van der Waals surface area contributed by atoms with Crippen LogP contribution < -0.4 is 4.90 Å². The number of carbonyl (C=O) groups excluding carboxylic acids is 2. The van der Waals surface area contributed by atoms with E-state index >= 15 is 0 Å². The highest BCUT2D eigenvalue weighted by molar-refractivity contribution is 6.11. The molecule has 4 aromatic rings. The Bertz CT molecular complexity index is 1330. The lowest BCUT2D eigenvalue weighted by atomic mass is 9.79. The molecule has 0 aliphatic carbocycles. The number of fused-ring (bicyclic) bond motifs is 2. The molecule has 1 N–H and O–H groups in total. The predicted octanol–water partition coefficient (Wildman–Crippen LogP) is 5.09. The SMILES string of the molecule is CC(C(=O)c1ccccc1)C1(O)C(=O)N(Cc2cccc3ccccc23)c2ccccc21. The molecule has 32 heavy (non-hydrogen) atoms. The summed E-state index contributed by atoms with van der Waals surface area (Å²) in [6, 6.07) is 30.0. The molecule has 0 aromatic heterocycles. The fourth-order valence-electron chi connectivity index (χ4n) is 4.68. The summed E-state index contributed by atoms with van der Waals surface area (Å²) in [6.07, 6.45) is 0. The number of amides is 1. The summed E-state index contributed by atoms with van der Waals surface area (Å²) in [7, 11) is 0. The zero-order chi connectivity index (χ0) is 22.3. The standard InChI is InChI=1S/C28H23NO3/c1-19(26(30)21-11-3-2-4-12-21)28(32)24-16-7-8-17-25(24)29(27(28)31)18-22-14-9-13-20-10-5-6-15-23(20)22/h2-17,19,32H,18H2,1H3. The fraction of sp³-hybridized carbons (Fsp3) is 0.143. The van der Waals surface area contributed by atoms with Gasteiger partial charge in [0, 0.05) is 11.1 Å². The van der Waals surface area contributed by atoms with E-state index in [1.807, 2.05) is 60.7 Å². The van der Waals surface area contributed by atoms with Crippen LogP contribution in [-0.4, -0.2) is 16.8 Å². The van der Waals surface area contributed by atoms with Gasteiger partial charge in [-0.1, -0.05) is 97.9 Å². The van der Waals surface area contributed by atoms with Crippen molar-refractivity contribution in [2.75, 3.05) is 4.90 Å². The second-order valence-electron chi connectivity index (χ2n) is 8.27. The lowest BCUT2D eigenvalue weighted by molar-refractivity contribution is -0.139. The van der Waals surface area contributed by atoms with Crippen molar-refractivity contribution in [1.82, 2.24) is 0 Å². The van der Waals surface area contributed by atoms with E-state index in [1.54, 1.807) is 48.2 Å². The van der Waals surface area contributed by atoms with Crippen molar-refractivity contribution >= 4 is 28.2 Å². The molecule has 0 saturated heterocycles. The van der Waals surface area contributed by atoms with Gasteiger partial charge in [-0.2, -0.15) is 0 Å². The number of hydrogen-bond donors (Lipinski definition) is 1. The number of ketones is 1. The van der Waals surface area contributed by atoms with Gasteiger partial charge >= 0.3 is 0 Å². The number of benzene rings is 4. The quantitative estimate of drug-likeness (QED) is 0.457. The van der Waals surface area contributed by atoms with Crippen molar-refractivity contribution in [2.24, 2.45) is 5.92 Å². The van der Waals surface area contributed by atoms with Crippen molar-refractivity contribution in [3.63, 3.8) is 0 Å². The molecular weight excluding hydrogens is 398 g/mol. The summed E-state index contributed by atoms with van der Waals surface area (Å²) in [5.74, 6) is -1.66. The Balaban J connectivity index is 1.57. The molecule has 0 saturated carbocycles. The van der Waals surface area contributed by atoms with Crippen molar-refractivity contribution in [3.8, 4) is 0 Å². The van der Waals surface area contributed by atoms with E-state index in [4.69, 9.17) is 0 Å². The Morgan fingerprint density at radius 2 is 1.53 bits per heavy atom. The third kappa shape index (κ3) is 3.03. The average molecular weight is 421 g/mol. The molecule has 0 bridgehead atoms. The maximum Gasteiger partial charge on any atom is 0.264 e. The van der Waals surface area contributed by atoms with Gasteiger partial charge in [-0.25, -0.2) is 0 Å². The van der Waals surface area contributed by atoms with E-state index in [0.29, 0.717) is 23.4 Å². The van der Waals surface area contributed by atoms with E-state index in [2.05, 4.69) is 0 Å². The molecule has 158 valence electrons. The average Bonchev–Trinajstić information content (AvgIpc) is 3.06. The maximum absolute atomic E-state index is 13.7. The summed E-state index contributed by atoms with van der Waals surface area (Å²) in [4.78, 5) is 28.5. The molecule has 4 aromatic carbocycles. The van der Waals surface area contributed by atoms with Gasteiger partial charge in [0.2, 0.25) is 0 Å². The lowest BCUT2D eigenvalue weighted by Crippen LogP contribution is -2.47. The van der Waals surface area contributed by atoms with Crippen LogP contribution in [0.3, 0.4) is 0 Å². The molecule has 2 atom stereocenters. The zero-order valence-corrected chi connectivity index (χ0v) is 17.7. The minimum absolute atomic E-state index is 0.261. The molecule has 0 spiro atoms. The van der Waals surface area contributed by atoms with Crippen LogP contribution in [0.5, 0.6) is 0 Å². The fourth-order valence-corrected chi connectivity index (χ4v) is 4.68. The summed E-state index contributed by atoms with van der Waals surface area (Å²) in [6.45, 7) is 1.94. The number of anilines is 1. The molecule has 2 unspecified atom stereocenters. The number of carbonyl (C=O) groups is 2. The molecule has 4 nitrogen and oxygen atoms in total. The van der Waals surface area contributed by atoms with Crippen LogP contribution >= 0.6 is 0 Å². The van der Waals surface area contributed by atoms with Gasteiger partial charge in [-0.3, -0.25) is 9.59 Å². The summed E-state index contributed by atoms with van der Waals surface area (Å²) in [5, 5.41) is 13.9. The normalized spacial score (nSPS) is 18.6. The van der Waals surface area contributed by atoms with Crippen LogP contribution in [0.15, 0.2) is 97.1 Å². The molecule has 4 heteroatoms. The first kappa shape index (κ1) is 20.2. The maximum atomic E-state index is 13.7. The Kier molecular flexibility index (Phi) is 4.87. The number of Topliss-reactive ketones (excluding diaryl/α,β-unsaturated/α-hetero) is 1. The lowest BCUT2D eigenvalue weighted by Gasteiger charge is -2.28. The molecular formula is C28H23NO3. The van der Waals surface area contributed by atoms with E-state index in [9.17, 15) is 14.7 Å². The summed E-state index contributed by atoms with van der Waals surface area (Å²) >= 11 is 0. The van der Waals surface area contributed by atoms with Gasteiger partial charge in [-0.05, 0) is 22.4 Å². The largest absolute Gasteiger partial charge is 0.375 e. The highest BCUT2D eigenvalue weighted by atomic mass is 16.3. The topological polar surface area (TPSA) is 57.6 Å². The van der Waals surface area contributed by atoms with Crippen molar-refractivity contribution in [2.45, 2.75) is 19.1 Å². The van der Waals surface area contributed by atoms with Crippen molar-refractivity contribution < 1.29 is 14.7 Å². The number of aliphatic hydroxyl groups is 1. The number of rotatable bonds is 5. The third-order valence-electron chi connectivity index (χ3n) is 6.46. The van der Waals surface area contributed by atoms with Crippen LogP contribution in [0, 0.1) is 5.92 Å². The first-order valence-corrected chi connectivity index (χ1v) is 10.7. The zero-order valence-electron chi connectivity index (χ0n) is 17.7. The van der Waals surface area contributed by atoms with Crippen LogP contribution in [0.4, 0.5) is 5.69 Å². The highest BCUT2D eigenvalue weighted by Gasteiger charge is 2.55. The molecule has 0 radical (unpaired) electrons. The van der Waals surface area contributed by atoms with E-state index in [-0.39, 0.29) is 5.78 Å². The van der Waals surface area contributed by atoms with Crippen molar-refractivity contribution in [3.05, 3.63) is 114 Å². The van der Waals surface area contributed by atoms with E-state index < -0.39 is 17.4 Å². The van der Waals surface area contributed by atoms with Crippen LogP contribution in [-0.2, 0) is 16.9 Å². The Morgan fingerprint density at radius 3 is 2.34 bits per heavy atom. The molecule has 1 heterocycles. The Labute approximate surface area is 186 Å². The number of para-hydroxylation sites is 1. The minimum atomic E-state index is -1.92. The first-order chi connectivity index (χ1) is 15.5. The van der Waals surface area contributed by atoms with Crippen LogP contribution in [0.25, 0.3) is 10.8 Å². The van der Waals surface area contributed by atoms with Gasteiger partial charge in [0.15, 0.2) is 11.4 Å². The van der Waals surface area contributed by atoms with Gasteiger partial charge in [0.25, 0.3) is 5.91 Å². The third-order valence-corrected chi connectivity index (χ3v) is 6.46. The van der Waals surface area contributed by atoms with Crippen molar-refractivity contribution in [1.29, 1.82) is 0 Å². The van der Waals surface area contributed by atoms with Gasteiger partial charge < -0.3 is 10.0 Å². The van der Waals surface area contributed by atoms with Gasteiger partial charge in [-0.15, -0.1) is 0 Å². The Morgan fingerprint density at radius 1 is 0.875 bits per heavy atom. The summed E-state index contributed by atoms with van der Waals surface area (Å²) < 4.78 is 0. The monoisotopic (exact) mass is 421 g/mol. The Hall–Kier alpha value is -3.76. The van der Waals surface area contributed by atoms with E-state index in [1.165, 1.54) is 0 Å². The molecule has 1 aliphatic rings. The second-order valence-corrected chi connectivity index (χ2v) is 8.27. The molecule has 0 fully saturated rings. The number of nitrogens with zero attached hydrogens (tertiary/aromatic N) is 1. The first-order valence-electron chi connectivity index (χ1n) is 10.7. The van der Waals surface area contributed by atoms with Gasteiger partial charge in [0.05, 0.1) is 18.2 Å². The highest BCUT2D eigenvalue weighted by Crippen LogP contribution is 2.46. The van der Waals surface area contributed by atoms with Crippen LogP contribution in [0.2, 0.25) is 0 Å². The van der Waals surface area contributed by atoms with E-state index in [0.717, 1.165) is 16.3 Å². The molecule has 5 rings (SSSR count). The molecule has 1 amide bonds.